The maximum atomic E-state index is 12.0. The zero-order valence-corrected chi connectivity index (χ0v) is 11.9. The molecule has 2 N–H and O–H groups in total. The lowest BCUT2D eigenvalue weighted by atomic mass is 10.1. The Balaban J connectivity index is 2.19. The van der Waals surface area contributed by atoms with Crippen LogP contribution in [0.15, 0.2) is 42.7 Å². The molecule has 5 heteroatoms. The molecule has 0 spiro atoms. The Bertz CT molecular complexity index is 681. The van der Waals surface area contributed by atoms with E-state index in [2.05, 4.69) is 4.98 Å². The lowest BCUT2D eigenvalue weighted by Gasteiger charge is -2.07. The van der Waals surface area contributed by atoms with E-state index in [0.29, 0.717) is 22.7 Å². The van der Waals surface area contributed by atoms with Gasteiger partial charge in [-0.1, -0.05) is 12.1 Å². The fraction of sp³-hybridized carbons (Fsp3) is 0.125. The van der Waals surface area contributed by atoms with Crippen molar-refractivity contribution in [3.63, 3.8) is 0 Å². The summed E-state index contributed by atoms with van der Waals surface area (Å²) in [6.45, 7) is 0. The van der Waals surface area contributed by atoms with Crippen molar-refractivity contribution in [3.8, 4) is 11.5 Å². The highest BCUT2D eigenvalue weighted by atomic mass is 16.5. The van der Waals surface area contributed by atoms with Crippen molar-refractivity contribution in [3.05, 3.63) is 53.9 Å². The van der Waals surface area contributed by atoms with Crippen molar-refractivity contribution in [1.82, 2.24) is 4.98 Å². The number of nitrogens with zero attached hydrogens (tertiary/aromatic N) is 1. The van der Waals surface area contributed by atoms with Gasteiger partial charge in [0, 0.05) is 18.0 Å². The SMILES string of the molecule is COc1ccc(/C=C/C(=O)c2cncc(N)c2)cc1OC. The number of hydrogen-bond acceptors (Lipinski definition) is 5. The van der Waals surface area contributed by atoms with E-state index in [9.17, 15) is 4.79 Å². The molecule has 0 fully saturated rings. The van der Waals surface area contributed by atoms with Crippen molar-refractivity contribution in [2.24, 2.45) is 0 Å². The molecule has 0 unspecified atom stereocenters. The van der Waals surface area contributed by atoms with Gasteiger partial charge in [-0.25, -0.2) is 0 Å². The van der Waals surface area contributed by atoms with Crippen LogP contribution in [-0.4, -0.2) is 25.0 Å². The lowest BCUT2D eigenvalue weighted by Crippen LogP contribution is -1.97. The van der Waals surface area contributed by atoms with E-state index in [-0.39, 0.29) is 5.78 Å². The van der Waals surface area contributed by atoms with Gasteiger partial charge in [0.25, 0.3) is 0 Å². The first kappa shape index (κ1) is 14.6. The molecule has 0 radical (unpaired) electrons. The summed E-state index contributed by atoms with van der Waals surface area (Å²) in [5.74, 6) is 1.09. The average Bonchev–Trinajstić information content (AvgIpc) is 2.52. The number of aromatic nitrogens is 1. The van der Waals surface area contributed by atoms with Crippen molar-refractivity contribution >= 4 is 17.5 Å². The number of ether oxygens (including phenoxy) is 2. The van der Waals surface area contributed by atoms with E-state index < -0.39 is 0 Å². The van der Waals surface area contributed by atoms with Crippen LogP contribution in [0.5, 0.6) is 11.5 Å². The predicted molar refractivity (Wildman–Crippen MR) is 81.6 cm³/mol. The molecule has 0 aliphatic heterocycles. The van der Waals surface area contributed by atoms with Crippen molar-refractivity contribution in [2.45, 2.75) is 0 Å². The molecule has 0 saturated carbocycles. The summed E-state index contributed by atoms with van der Waals surface area (Å²) in [5.41, 5.74) is 7.34. The zero-order chi connectivity index (χ0) is 15.2. The molecule has 0 aliphatic carbocycles. The summed E-state index contributed by atoms with van der Waals surface area (Å²) in [6.07, 6.45) is 6.15. The molecular weight excluding hydrogens is 268 g/mol. The third kappa shape index (κ3) is 3.60. The maximum absolute atomic E-state index is 12.0. The number of carbonyl (C=O) groups is 1. The Labute approximate surface area is 123 Å². The van der Waals surface area contributed by atoms with E-state index in [1.54, 1.807) is 38.5 Å². The Hall–Kier alpha value is -2.82. The summed E-state index contributed by atoms with van der Waals surface area (Å²) in [6, 6.07) is 7.00. The van der Waals surface area contributed by atoms with Gasteiger partial charge in [-0.05, 0) is 29.8 Å². The minimum absolute atomic E-state index is 0.162. The van der Waals surface area contributed by atoms with E-state index in [1.807, 2.05) is 6.07 Å². The minimum Gasteiger partial charge on any atom is -0.493 e. The topological polar surface area (TPSA) is 74.4 Å². The van der Waals surface area contributed by atoms with Crippen LogP contribution in [0.2, 0.25) is 0 Å². The number of nitrogen functional groups attached to an aromatic ring is 1. The normalized spacial score (nSPS) is 10.6. The molecule has 1 aromatic carbocycles. The number of ketones is 1. The largest absolute Gasteiger partial charge is 0.493 e. The molecule has 108 valence electrons. The number of anilines is 1. The molecule has 0 amide bonds. The second-order valence-electron chi connectivity index (χ2n) is 4.32. The third-order valence-corrected chi connectivity index (χ3v) is 2.88. The van der Waals surface area contributed by atoms with Gasteiger partial charge in [-0.3, -0.25) is 9.78 Å². The van der Waals surface area contributed by atoms with Gasteiger partial charge in [0.05, 0.1) is 19.9 Å². The van der Waals surface area contributed by atoms with Crippen LogP contribution < -0.4 is 15.2 Å². The van der Waals surface area contributed by atoms with Crippen molar-refractivity contribution in [2.75, 3.05) is 20.0 Å². The fourth-order valence-corrected chi connectivity index (χ4v) is 1.82. The number of nitrogens with two attached hydrogens (primary N) is 1. The number of carbonyl (C=O) groups excluding carboxylic acids is 1. The van der Waals surface area contributed by atoms with E-state index in [4.69, 9.17) is 15.2 Å². The molecule has 1 heterocycles. The summed E-state index contributed by atoms with van der Waals surface area (Å²) >= 11 is 0. The standard InChI is InChI=1S/C16H16N2O3/c1-20-15-6-4-11(7-16(15)21-2)3-5-14(19)12-8-13(17)10-18-9-12/h3-10H,17H2,1-2H3/b5-3+. The van der Waals surface area contributed by atoms with Gasteiger partial charge in [0.15, 0.2) is 17.3 Å². The smallest absolute Gasteiger partial charge is 0.187 e. The minimum atomic E-state index is -0.162. The van der Waals surface area contributed by atoms with Crippen LogP contribution in [0.1, 0.15) is 15.9 Å². The summed E-state index contributed by atoms with van der Waals surface area (Å²) in [5, 5.41) is 0. The Morgan fingerprint density at radius 1 is 1.14 bits per heavy atom. The quantitative estimate of drug-likeness (QED) is 0.674. The number of rotatable bonds is 5. The number of allylic oxidation sites excluding steroid dienone is 1. The van der Waals surface area contributed by atoms with Crippen LogP contribution in [0.4, 0.5) is 5.69 Å². The van der Waals surface area contributed by atoms with Crippen LogP contribution in [0.25, 0.3) is 6.08 Å². The van der Waals surface area contributed by atoms with E-state index in [1.165, 1.54) is 18.5 Å². The predicted octanol–water partition coefficient (Wildman–Crippen LogP) is 2.58. The molecule has 0 saturated heterocycles. The van der Waals surface area contributed by atoms with Gasteiger partial charge in [0.2, 0.25) is 0 Å². The molecule has 2 aromatic rings. The highest BCUT2D eigenvalue weighted by Crippen LogP contribution is 2.28. The molecule has 0 aliphatic rings. The Morgan fingerprint density at radius 3 is 2.57 bits per heavy atom. The lowest BCUT2D eigenvalue weighted by molar-refractivity contribution is 0.104. The third-order valence-electron chi connectivity index (χ3n) is 2.88. The second-order valence-corrected chi connectivity index (χ2v) is 4.32. The molecule has 21 heavy (non-hydrogen) atoms. The van der Waals surface area contributed by atoms with Gasteiger partial charge >= 0.3 is 0 Å². The molecule has 0 bridgehead atoms. The summed E-state index contributed by atoms with van der Waals surface area (Å²) < 4.78 is 10.4. The molecule has 0 atom stereocenters. The number of pyridine rings is 1. The van der Waals surface area contributed by atoms with Crippen LogP contribution in [-0.2, 0) is 0 Å². The van der Waals surface area contributed by atoms with Crippen LogP contribution in [0, 0.1) is 0 Å². The Kier molecular flexibility index (Phi) is 4.56. The van der Waals surface area contributed by atoms with Gasteiger partial charge in [0.1, 0.15) is 0 Å². The summed E-state index contributed by atoms with van der Waals surface area (Å²) in [4.78, 5) is 15.9. The van der Waals surface area contributed by atoms with E-state index >= 15 is 0 Å². The van der Waals surface area contributed by atoms with Gasteiger partial charge in [-0.2, -0.15) is 0 Å². The van der Waals surface area contributed by atoms with E-state index in [0.717, 1.165) is 5.56 Å². The first-order chi connectivity index (χ1) is 10.1. The first-order valence-corrected chi connectivity index (χ1v) is 6.29. The Morgan fingerprint density at radius 2 is 1.90 bits per heavy atom. The summed E-state index contributed by atoms with van der Waals surface area (Å²) in [7, 11) is 3.14. The number of benzene rings is 1. The fourth-order valence-electron chi connectivity index (χ4n) is 1.82. The van der Waals surface area contributed by atoms with Gasteiger partial charge < -0.3 is 15.2 Å². The van der Waals surface area contributed by atoms with Crippen molar-refractivity contribution in [1.29, 1.82) is 0 Å². The average molecular weight is 284 g/mol. The number of hydrogen-bond donors (Lipinski definition) is 1. The number of methoxy groups -OCH3 is 2. The maximum Gasteiger partial charge on any atom is 0.187 e. The monoisotopic (exact) mass is 284 g/mol. The highest BCUT2D eigenvalue weighted by Gasteiger charge is 2.05. The van der Waals surface area contributed by atoms with Crippen LogP contribution in [0.3, 0.4) is 0 Å². The van der Waals surface area contributed by atoms with Crippen LogP contribution >= 0.6 is 0 Å². The van der Waals surface area contributed by atoms with Gasteiger partial charge in [-0.15, -0.1) is 0 Å². The molecular formula is C16H16N2O3. The molecule has 2 rings (SSSR count). The molecule has 1 aromatic heterocycles. The zero-order valence-electron chi connectivity index (χ0n) is 11.9. The first-order valence-electron chi connectivity index (χ1n) is 6.29. The molecule has 5 nitrogen and oxygen atoms in total. The highest BCUT2D eigenvalue weighted by molar-refractivity contribution is 6.07. The van der Waals surface area contributed by atoms with Crippen molar-refractivity contribution < 1.29 is 14.3 Å². The second kappa shape index (κ2) is 6.56.